The molecule has 162 valence electrons. The van der Waals surface area contributed by atoms with Crippen molar-refractivity contribution in [2.75, 3.05) is 13.2 Å². The Morgan fingerprint density at radius 3 is 2.47 bits per heavy atom. The number of nitrogens with zero attached hydrogens (tertiary/aromatic N) is 2. The number of aromatic nitrogens is 3. The van der Waals surface area contributed by atoms with E-state index in [1.165, 1.54) is 0 Å². The van der Waals surface area contributed by atoms with Crippen LogP contribution in [0.1, 0.15) is 0 Å². The van der Waals surface area contributed by atoms with Gasteiger partial charge in [-0.05, 0) is 16.7 Å². The Hall–Kier alpha value is -2.97. The van der Waals surface area contributed by atoms with Crippen molar-refractivity contribution >= 4 is 22.8 Å². The van der Waals surface area contributed by atoms with Gasteiger partial charge in [0, 0.05) is 11.8 Å². The molecule has 4 atom stereocenters. The lowest BCUT2D eigenvalue weighted by molar-refractivity contribution is 0.00706. The first-order chi connectivity index (χ1) is 15.7. The molecule has 0 saturated carbocycles. The van der Waals surface area contributed by atoms with Crippen LogP contribution in [0.5, 0.6) is 6.01 Å². The number of halogens is 1. The number of hydrogen-bond donors (Lipinski definition) is 2. The number of ether oxygens (including phenoxy) is 3. The third kappa shape index (κ3) is 3.34. The fraction of sp³-hybridized carbons (Fsp3) is 0.250. The van der Waals surface area contributed by atoms with E-state index >= 15 is 0 Å². The number of fused-ring (bicyclic) bond motifs is 2. The first-order valence-electron chi connectivity index (χ1n) is 10.5. The predicted octanol–water partition coefficient (Wildman–Crippen LogP) is 3.85. The molecule has 2 aromatic carbocycles. The molecule has 0 amide bonds. The van der Waals surface area contributed by atoms with Crippen molar-refractivity contribution in [2.24, 2.45) is 0 Å². The standard InChI is InChI=1S/C24H20ClN3O4/c25-19-16(15-8-6-14(7-9-15)13-4-2-1-3-5-13)10-26-23-20(19)27-24(28-23)32-18-12-31-21-17(29)11-30-22(18)21/h1-10,17-18,21-22,29H,11-12H2,(H,26,27,28)/t17-,18-,21-,22-/m1/s1. The van der Waals surface area contributed by atoms with Crippen molar-refractivity contribution in [3.05, 3.63) is 65.8 Å². The second-order valence-electron chi connectivity index (χ2n) is 7.99. The lowest BCUT2D eigenvalue weighted by atomic mass is 10.0. The second-order valence-corrected chi connectivity index (χ2v) is 8.37. The molecule has 0 spiro atoms. The molecule has 2 aliphatic rings. The Labute approximate surface area is 188 Å². The van der Waals surface area contributed by atoms with Crippen molar-refractivity contribution in [2.45, 2.75) is 24.4 Å². The van der Waals surface area contributed by atoms with E-state index < -0.39 is 6.10 Å². The number of nitrogens with one attached hydrogen (secondary N) is 1. The molecule has 4 aromatic rings. The van der Waals surface area contributed by atoms with E-state index in [0.29, 0.717) is 28.8 Å². The summed E-state index contributed by atoms with van der Waals surface area (Å²) >= 11 is 6.72. The minimum absolute atomic E-state index is 0.245. The molecule has 6 rings (SSSR count). The molecule has 0 unspecified atom stereocenters. The molecule has 2 fully saturated rings. The normalized spacial score (nSPS) is 24.7. The van der Waals surface area contributed by atoms with Crippen LogP contribution in [-0.4, -0.2) is 57.7 Å². The zero-order chi connectivity index (χ0) is 21.7. The van der Waals surface area contributed by atoms with Crippen LogP contribution in [-0.2, 0) is 9.47 Å². The number of aliphatic hydroxyl groups excluding tert-OH is 1. The number of benzene rings is 2. The van der Waals surface area contributed by atoms with Crippen molar-refractivity contribution in [3.63, 3.8) is 0 Å². The number of rotatable bonds is 4. The van der Waals surface area contributed by atoms with E-state index in [1.807, 2.05) is 30.3 Å². The van der Waals surface area contributed by atoms with Gasteiger partial charge in [-0.2, -0.15) is 4.98 Å². The Balaban J connectivity index is 1.27. The zero-order valence-electron chi connectivity index (χ0n) is 16.9. The maximum Gasteiger partial charge on any atom is 0.296 e. The van der Waals surface area contributed by atoms with Gasteiger partial charge >= 0.3 is 0 Å². The average molecular weight is 450 g/mol. The third-order valence-electron chi connectivity index (χ3n) is 5.98. The van der Waals surface area contributed by atoms with Gasteiger partial charge in [0.15, 0.2) is 11.8 Å². The van der Waals surface area contributed by atoms with Gasteiger partial charge in [-0.1, -0.05) is 66.2 Å². The van der Waals surface area contributed by atoms with Crippen molar-refractivity contribution in [1.82, 2.24) is 15.0 Å². The van der Waals surface area contributed by atoms with Crippen LogP contribution in [0.4, 0.5) is 0 Å². The van der Waals surface area contributed by atoms with Crippen LogP contribution < -0.4 is 4.74 Å². The van der Waals surface area contributed by atoms with E-state index in [0.717, 1.165) is 22.3 Å². The first kappa shape index (κ1) is 19.7. The highest BCUT2D eigenvalue weighted by molar-refractivity contribution is 6.37. The van der Waals surface area contributed by atoms with Gasteiger partial charge in [0.05, 0.1) is 18.2 Å². The van der Waals surface area contributed by atoms with Crippen molar-refractivity contribution in [3.8, 4) is 28.3 Å². The van der Waals surface area contributed by atoms with Crippen LogP contribution in [0.25, 0.3) is 33.4 Å². The lowest BCUT2D eigenvalue weighted by Gasteiger charge is -2.15. The quantitative estimate of drug-likeness (QED) is 0.492. The van der Waals surface area contributed by atoms with Crippen LogP contribution in [0.15, 0.2) is 60.8 Å². The second kappa shape index (κ2) is 7.86. The summed E-state index contributed by atoms with van der Waals surface area (Å²) in [5.74, 6) is 0. The molecule has 0 radical (unpaired) electrons. The number of aromatic amines is 1. The molecule has 7 nitrogen and oxygen atoms in total. The molecule has 0 aliphatic carbocycles. The van der Waals surface area contributed by atoms with Gasteiger partial charge < -0.3 is 24.3 Å². The molecule has 2 saturated heterocycles. The van der Waals surface area contributed by atoms with Crippen LogP contribution in [0.2, 0.25) is 5.02 Å². The van der Waals surface area contributed by atoms with E-state index in [9.17, 15) is 5.11 Å². The first-order valence-corrected chi connectivity index (χ1v) is 10.8. The van der Waals surface area contributed by atoms with Crippen molar-refractivity contribution < 1.29 is 19.3 Å². The number of H-pyrrole nitrogens is 1. The average Bonchev–Trinajstić information content (AvgIpc) is 3.52. The molecule has 0 bridgehead atoms. The number of hydrogen-bond acceptors (Lipinski definition) is 6. The molecule has 4 heterocycles. The van der Waals surface area contributed by atoms with Crippen LogP contribution in [0.3, 0.4) is 0 Å². The smallest absolute Gasteiger partial charge is 0.296 e. The molecule has 32 heavy (non-hydrogen) atoms. The molecule has 2 aromatic heterocycles. The summed E-state index contributed by atoms with van der Waals surface area (Å²) in [5.41, 5.74) is 5.13. The summed E-state index contributed by atoms with van der Waals surface area (Å²) < 4.78 is 17.2. The van der Waals surface area contributed by atoms with Crippen molar-refractivity contribution in [1.29, 1.82) is 0 Å². The van der Waals surface area contributed by atoms with E-state index in [1.54, 1.807) is 6.20 Å². The predicted molar refractivity (Wildman–Crippen MR) is 120 cm³/mol. The van der Waals surface area contributed by atoms with Gasteiger partial charge in [0.25, 0.3) is 6.01 Å². The summed E-state index contributed by atoms with van der Waals surface area (Å²) in [4.78, 5) is 12.0. The van der Waals surface area contributed by atoms with Crippen LogP contribution in [0, 0.1) is 0 Å². The number of imidazole rings is 1. The maximum absolute atomic E-state index is 9.90. The van der Waals surface area contributed by atoms with Gasteiger partial charge in [-0.25, -0.2) is 4.98 Å². The Bertz CT molecular complexity index is 1260. The Morgan fingerprint density at radius 2 is 1.66 bits per heavy atom. The van der Waals surface area contributed by atoms with E-state index in [2.05, 4.69) is 39.2 Å². The fourth-order valence-corrected chi connectivity index (χ4v) is 4.61. The number of pyridine rings is 1. The Kier molecular flexibility index (Phi) is 4.84. The summed E-state index contributed by atoms with van der Waals surface area (Å²) in [6.45, 7) is 0.568. The largest absolute Gasteiger partial charge is 0.456 e. The number of aliphatic hydroxyl groups is 1. The van der Waals surface area contributed by atoms with E-state index in [4.69, 9.17) is 25.8 Å². The fourth-order valence-electron chi connectivity index (χ4n) is 4.32. The van der Waals surface area contributed by atoms with Crippen LogP contribution >= 0.6 is 11.6 Å². The van der Waals surface area contributed by atoms with Gasteiger partial charge in [-0.15, -0.1) is 0 Å². The highest BCUT2D eigenvalue weighted by Crippen LogP contribution is 2.35. The summed E-state index contributed by atoms with van der Waals surface area (Å²) in [7, 11) is 0. The van der Waals surface area contributed by atoms with E-state index in [-0.39, 0.29) is 24.9 Å². The van der Waals surface area contributed by atoms with Gasteiger partial charge in [0.1, 0.15) is 23.8 Å². The monoisotopic (exact) mass is 449 g/mol. The molecule has 2 aliphatic heterocycles. The summed E-state index contributed by atoms with van der Waals surface area (Å²) in [5, 5.41) is 10.4. The zero-order valence-corrected chi connectivity index (χ0v) is 17.7. The molecular formula is C24H20ClN3O4. The maximum atomic E-state index is 9.90. The SMILES string of the molecule is O[C@@H]1CO[C@H]2[C@@H]1OC[C@H]2Oc1nc2ncc(-c3ccc(-c4ccccc4)cc3)c(Cl)c2[nH]1. The highest BCUT2D eigenvalue weighted by Gasteiger charge is 2.48. The molecule has 2 N–H and O–H groups in total. The summed E-state index contributed by atoms with van der Waals surface area (Å²) in [6, 6.07) is 18.7. The topological polar surface area (TPSA) is 89.5 Å². The highest BCUT2D eigenvalue weighted by atomic mass is 35.5. The van der Waals surface area contributed by atoms with Gasteiger partial charge in [0.2, 0.25) is 0 Å². The van der Waals surface area contributed by atoms with Gasteiger partial charge in [-0.3, -0.25) is 0 Å². The minimum Gasteiger partial charge on any atom is -0.456 e. The lowest BCUT2D eigenvalue weighted by Crippen LogP contribution is -2.34. The summed E-state index contributed by atoms with van der Waals surface area (Å²) in [6.07, 6.45) is 0.0485. The minimum atomic E-state index is -0.628. The molecular weight excluding hydrogens is 430 g/mol. The Morgan fingerprint density at radius 1 is 0.938 bits per heavy atom. The molecule has 8 heteroatoms. The third-order valence-corrected chi connectivity index (χ3v) is 6.38.